The van der Waals surface area contributed by atoms with Crippen LogP contribution in [0.15, 0.2) is 29.4 Å². The van der Waals surface area contributed by atoms with Crippen LogP contribution in [0, 0.1) is 28.4 Å². The summed E-state index contributed by atoms with van der Waals surface area (Å²) in [4.78, 5) is 30.8. The largest absolute Gasteiger partial charge is 0.484 e. The summed E-state index contributed by atoms with van der Waals surface area (Å²) in [5.74, 6) is -2.48. The van der Waals surface area contributed by atoms with Crippen molar-refractivity contribution in [2.45, 2.75) is 12.1 Å². The normalized spacial score (nSPS) is 11.5. The average molecular weight is 481 g/mol. The van der Waals surface area contributed by atoms with Crippen molar-refractivity contribution in [2.24, 2.45) is 4.99 Å². The van der Waals surface area contributed by atoms with E-state index in [4.69, 9.17) is 22.3 Å². The lowest BCUT2D eigenvalue weighted by atomic mass is 10.0. The minimum Gasteiger partial charge on any atom is -0.484 e. The number of carbonyl (C=O) groups excluding carboxylic acids is 2. The third kappa shape index (κ3) is 6.51. The third-order valence-electron chi connectivity index (χ3n) is 3.93. The van der Waals surface area contributed by atoms with Crippen LogP contribution in [0.4, 0.5) is 13.6 Å². The molecule has 2 unspecified atom stereocenters. The number of hydrazine groups is 1. The molecule has 0 aliphatic heterocycles. The number of nitriles is 1. The second kappa shape index (κ2) is 11.2. The van der Waals surface area contributed by atoms with Gasteiger partial charge in [-0.25, -0.2) is 19.0 Å². The first-order valence-electron chi connectivity index (χ1n) is 8.72. The van der Waals surface area contributed by atoms with E-state index in [1.807, 2.05) is 5.43 Å². The van der Waals surface area contributed by atoms with Crippen molar-refractivity contribution in [1.82, 2.24) is 15.8 Å². The predicted molar refractivity (Wildman–Crippen MR) is 116 cm³/mol. The van der Waals surface area contributed by atoms with Crippen LogP contribution in [-0.2, 0) is 9.53 Å². The maximum absolute atomic E-state index is 14.4. The Hall–Kier alpha value is -3.48. The maximum Gasteiger partial charge on any atom is 0.359 e. The Morgan fingerprint density at radius 1 is 1.38 bits per heavy atom. The molecule has 1 aromatic heterocycles. The average Bonchev–Trinajstić information content (AvgIpc) is 2.75. The Kier molecular flexibility index (Phi) is 8.70. The van der Waals surface area contributed by atoms with Gasteiger partial charge in [-0.2, -0.15) is 10.3 Å². The second-order valence-corrected chi connectivity index (χ2v) is 7.37. The number of aromatic nitrogens is 1. The standard InChI is InChI=1S/C19H16ClF2N6O3P/c1-31-17(24)5-16(32)18(29)27-28-19(30)26-8-15-14(22)2-9(7-25-15)11-3-10(20)4-13(21)12(11)6-23/h2-4,7-8,16,24H,5,32H2,1H3,(H,27,29)(H,28,30). The Balaban J connectivity index is 2.07. The van der Waals surface area contributed by atoms with Crippen LogP contribution >= 0.6 is 20.8 Å². The fraction of sp³-hybridized carbons (Fsp3) is 0.158. The highest BCUT2D eigenvalue weighted by atomic mass is 35.5. The Bertz CT molecular complexity index is 1140. The minimum atomic E-state index is -1.01. The molecule has 32 heavy (non-hydrogen) atoms. The number of benzene rings is 1. The molecule has 0 saturated heterocycles. The topological polar surface area (TPSA) is 140 Å². The third-order valence-corrected chi connectivity index (χ3v) is 4.69. The number of methoxy groups -OCH3 is 1. The molecule has 3 amide bonds. The van der Waals surface area contributed by atoms with Gasteiger partial charge in [-0.15, -0.1) is 9.24 Å². The zero-order valence-electron chi connectivity index (χ0n) is 16.4. The highest BCUT2D eigenvalue weighted by Crippen LogP contribution is 2.29. The highest BCUT2D eigenvalue weighted by molar-refractivity contribution is 7.19. The van der Waals surface area contributed by atoms with Gasteiger partial charge >= 0.3 is 6.03 Å². The zero-order chi connectivity index (χ0) is 23.8. The monoisotopic (exact) mass is 480 g/mol. The molecule has 0 aliphatic rings. The van der Waals surface area contributed by atoms with Crippen LogP contribution in [0.1, 0.15) is 17.7 Å². The van der Waals surface area contributed by atoms with E-state index in [1.54, 1.807) is 6.07 Å². The van der Waals surface area contributed by atoms with Crippen LogP contribution in [-0.4, -0.2) is 41.8 Å². The number of urea groups is 1. The van der Waals surface area contributed by atoms with Crippen molar-refractivity contribution in [3.05, 3.63) is 52.3 Å². The summed E-state index contributed by atoms with van der Waals surface area (Å²) in [6.45, 7) is 0. The summed E-state index contributed by atoms with van der Waals surface area (Å²) in [5.41, 5.74) is 2.90. The van der Waals surface area contributed by atoms with Crippen molar-refractivity contribution in [1.29, 1.82) is 10.7 Å². The quantitative estimate of drug-likeness (QED) is 0.261. The maximum atomic E-state index is 14.4. The first kappa shape index (κ1) is 24.8. The SMILES string of the molecule is COC(=N)CC(P)C(=O)NNC(=O)N=Cc1ncc(-c2cc(Cl)cc(F)c2C#N)cc1F. The molecule has 0 radical (unpaired) electrons. The van der Waals surface area contributed by atoms with E-state index in [0.717, 1.165) is 18.3 Å². The van der Waals surface area contributed by atoms with E-state index < -0.39 is 29.2 Å². The van der Waals surface area contributed by atoms with Gasteiger partial charge in [-0.1, -0.05) is 11.6 Å². The molecule has 0 fully saturated rings. The molecule has 1 heterocycles. The Morgan fingerprint density at radius 2 is 2.09 bits per heavy atom. The molecule has 166 valence electrons. The van der Waals surface area contributed by atoms with E-state index >= 15 is 0 Å². The molecule has 0 aliphatic carbocycles. The van der Waals surface area contributed by atoms with Gasteiger partial charge in [0.2, 0.25) is 5.91 Å². The fourth-order valence-corrected chi connectivity index (χ4v) is 2.84. The molecule has 3 N–H and O–H groups in total. The number of halogens is 3. The molecule has 0 spiro atoms. The number of aliphatic imine (C=N–C) groups is 1. The van der Waals surface area contributed by atoms with Crippen LogP contribution in [0.5, 0.6) is 0 Å². The second-order valence-electron chi connectivity index (χ2n) is 6.13. The lowest BCUT2D eigenvalue weighted by Crippen LogP contribution is -2.44. The van der Waals surface area contributed by atoms with Gasteiger partial charge in [0, 0.05) is 28.8 Å². The summed E-state index contributed by atoms with van der Waals surface area (Å²) in [6, 6.07) is 3.94. The number of nitrogens with one attached hydrogen (secondary N) is 3. The van der Waals surface area contributed by atoms with Gasteiger partial charge in [0.1, 0.15) is 17.6 Å². The number of nitrogens with zero attached hydrogens (tertiary/aromatic N) is 3. The number of rotatable bonds is 5. The van der Waals surface area contributed by atoms with Gasteiger partial charge < -0.3 is 4.74 Å². The number of carbonyl (C=O) groups is 2. The van der Waals surface area contributed by atoms with Crippen molar-refractivity contribution >= 4 is 44.9 Å². The molecule has 2 atom stereocenters. The van der Waals surface area contributed by atoms with E-state index in [0.29, 0.717) is 0 Å². The van der Waals surface area contributed by atoms with Crippen molar-refractivity contribution < 1.29 is 23.1 Å². The number of ether oxygens (including phenoxy) is 1. The molecule has 13 heteroatoms. The van der Waals surface area contributed by atoms with Crippen LogP contribution in [0.2, 0.25) is 5.02 Å². The van der Waals surface area contributed by atoms with Gasteiger partial charge in [-0.05, 0) is 18.2 Å². The van der Waals surface area contributed by atoms with Crippen LogP contribution < -0.4 is 10.9 Å². The summed E-state index contributed by atoms with van der Waals surface area (Å²) >= 11 is 5.81. The van der Waals surface area contributed by atoms with Crippen LogP contribution in [0.3, 0.4) is 0 Å². The van der Waals surface area contributed by atoms with Gasteiger partial charge in [-0.3, -0.25) is 20.6 Å². The lowest BCUT2D eigenvalue weighted by molar-refractivity contribution is -0.121. The van der Waals surface area contributed by atoms with E-state index in [2.05, 4.69) is 29.4 Å². The lowest BCUT2D eigenvalue weighted by Gasteiger charge is -2.11. The van der Waals surface area contributed by atoms with E-state index in [1.165, 1.54) is 19.4 Å². The number of hydrogen-bond donors (Lipinski definition) is 3. The molecule has 9 nitrogen and oxygen atoms in total. The fourth-order valence-electron chi connectivity index (χ4n) is 2.34. The van der Waals surface area contributed by atoms with Crippen LogP contribution in [0.25, 0.3) is 11.1 Å². The summed E-state index contributed by atoms with van der Waals surface area (Å²) < 4.78 is 33.0. The minimum absolute atomic E-state index is 0.00232. The van der Waals surface area contributed by atoms with E-state index in [-0.39, 0.29) is 39.7 Å². The number of pyridine rings is 1. The molecule has 2 aromatic rings. The summed E-state index contributed by atoms with van der Waals surface area (Å²) in [5, 5.41) is 16.5. The van der Waals surface area contributed by atoms with Crippen molar-refractivity contribution in [2.75, 3.05) is 7.11 Å². The zero-order valence-corrected chi connectivity index (χ0v) is 18.4. The van der Waals surface area contributed by atoms with Crippen molar-refractivity contribution in [3.63, 3.8) is 0 Å². The van der Waals surface area contributed by atoms with Crippen molar-refractivity contribution in [3.8, 4) is 17.2 Å². The first-order chi connectivity index (χ1) is 15.2. The number of hydrogen-bond acceptors (Lipinski definition) is 6. The van der Waals surface area contributed by atoms with E-state index in [9.17, 15) is 18.4 Å². The highest BCUT2D eigenvalue weighted by Gasteiger charge is 2.17. The predicted octanol–water partition coefficient (Wildman–Crippen LogP) is 2.97. The molecule has 2 rings (SSSR count). The first-order valence-corrected chi connectivity index (χ1v) is 9.76. The molecular weight excluding hydrogens is 465 g/mol. The smallest absolute Gasteiger partial charge is 0.359 e. The number of amides is 3. The Labute approximate surface area is 188 Å². The van der Waals surface area contributed by atoms with Gasteiger partial charge in [0.25, 0.3) is 0 Å². The molecule has 1 aromatic carbocycles. The molecule has 0 saturated carbocycles. The summed E-state index contributed by atoms with van der Waals surface area (Å²) in [7, 11) is 3.49. The molecule has 0 bridgehead atoms. The summed E-state index contributed by atoms with van der Waals surface area (Å²) in [6.07, 6.45) is 1.99. The molecular formula is C19H16ClF2N6O3P. The van der Waals surface area contributed by atoms with Gasteiger partial charge in [0.05, 0.1) is 24.5 Å². The Morgan fingerprint density at radius 3 is 2.72 bits per heavy atom. The van der Waals surface area contributed by atoms with Gasteiger partial charge in [0.15, 0.2) is 11.7 Å².